The Morgan fingerprint density at radius 3 is 2.69 bits per heavy atom. The quantitative estimate of drug-likeness (QED) is 0.554. The van der Waals surface area contributed by atoms with E-state index in [1.807, 2.05) is 0 Å². The molecular weight excluding hydrogens is 176 g/mol. The summed E-state index contributed by atoms with van der Waals surface area (Å²) in [6.07, 6.45) is 1.25. The molecule has 2 rings (SSSR count). The zero-order valence-corrected chi connectivity index (χ0v) is 8.94. The van der Waals surface area contributed by atoms with Crippen LogP contribution in [0.4, 0.5) is 0 Å². The molecule has 0 spiro atoms. The number of benzene rings is 1. The summed E-state index contributed by atoms with van der Waals surface area (Å²) < 4.78 is 0. The smallest absolute Gasteiger partial charge is 0.000427 e. The fourth-order valence-electron chi connectivity index (χ4n) is 1.95. The summed E-state index contributed by atoms with van der Waals surface area (Å²) in [4.78, 5) is 1.42. The van der Waals surface area contributed by atoms with Crippen molar-refractivity contribution in [2.24, 2.45) is 0 Å². The van der Waals surface area contributed by atoms with Crippen molar-refractivity contribution in [3.05, 3.63) is 29.8 Å². The van der Waals surface area contributed by atoms with Crippen LogP contribution in [0.3, 0.4) is 0 Å². The number of rotatable bonds is 0. The van der Waals surface area contributed by atoms with E-state index in [0.29, 0.717) is 5.92 Å². The summed E-state index contributed by atoms with van der Waals surface area (Å²) in [5, 5.41) is 0. The highest BCUT2D eigenvalue weighted by molar-refractivity contribution is 8.27. The molecule has 1 atom stereocenters. The third-order valence-electron chi connectivity index (χ3n) is 2.86. The van der Waals surface area contributed by atoms with Crippen LogP contribution in [0.15, 0.2) is 29.2 Å². The van der Waals surface area contributed by atoms with Gasteiger partial charge < -0.3 is 0 Å². The van der Waals surface area contributed by atoms with Crippen LogP contribution in [0.2, 0.25) is 0 Å². The Bertz CT molecular complexity index is 413. The Hall–Kier alpha value is -0.690. The summed E-state index contributed by atoms with van der Waals surface area (Å²) in [5.41, 5.74) is 1.48. The zero-order valence-electron chi connectivity index (χ0n) is 8.12. The molecule has 1 aliphatic heterocycles. The van der Waals surface area contributed by atoms with Gasteiger partial charge >= 0.3 is 0 Å². The zero-order chi connectivity index (χ0) is 9.47. The number of hydrogen-bond acceptors (Lipinski definition) is 0. The lowest BCUT2D eigenvalue weighted by molar-refractivity contribution is 0.712. The van der Waals surface area contributed by atoms with E-state index in [2.05, 4.69) is 42.9 Å². The number of fused-ring (bicyclic) bond motifs is 1. The molecule has 0 N–H and O–H groups in total. The second-order valence-electron chi connectivity index (χ2n) is 3.98. The van der Waals surface area contributed by atoms with Gasteiger partial charge in [0.1, 0.15) is 0 Å². The third-order valence-corrected chi connectivity index (χ3v) is 5.18. The van der Waals surface area contributed by atoms with Crippen LogP contribution in [0.1, 0.15) is 24.8 Å². The third kappa shape index (κ3) is 1.42. The summed E-state index contributed by atoms with van der Waals surface area (Å²) >= 11 is 0. The molecule has 1 heterocycles. The molecule has 0 aliphatic carbocycles. The van der Waals surface area contributed by atoms with Gasteiger partial charge in [0.15, 0.2) is 0 Å². The monoisotopic (exact) mass is 192 g/mol. The molecule has 0 bridgehead atoms. The Morgan fingerprint density at radius 2 is 2.00 bits per heavy atom. The molecule has 1 unspecified atom stereocenters. The SMILES string of the molecule is C=S1(=C)CCC(C)c2ccccc21. The van der Waals surface area contributed by atoms with Gasteiger partial charge in [-0.2, -0.15) is 9.21 Å². The molecule has 0 radical (unpaired) electrons. The highest BCUT2D eigenvalue weighted by Crippen LogP contribution is 2.44. The van der Waals surface area contributed by atoms with Crippen LogP contribution in [0.5, 0.6) is 0 Å². The minimum absolute atomic E-state index is 0.695. The van der Waals surface area contributed by atoms with Crippen molar-refractivity contribution in [1.29, 1.82) is 0 Å². The Labute approximate surface area is 81.1 Å². The van der Waals surface area contributed by atoms with E-state index in [4.69, 9.17) is 0 Å². The van der Waals surface area contributed by atoms with Gasteiger partial charge in [-0.25, -0.2) is 0 Å². The normalized spacial score (nSPS) is 25.2. The highest BCUT2D eigenvalue weighted by atomic mass is 32.2. The minimum Gasteiger partial charge on any atom is -0.187 e. The van der Waals surface area contributed by atoms with Gasteiger partial charge in [0.25, 0.3) is 0 Å². The first-order chi connectivity index (χ1) is 6.11. The largest absolute Gasteiger partial charge is 0.187 e. The first-order valence-corrected chi connectivity index (χ1v) is 6.81. The molecule has 1 aromatic carbocycles. The van der Waals surface area contributed by atoms with Crippen molar-refractivity contribution in [3.8, 4) is 0 Å². The molecule has 1 aliphatic rings. The number of hydrogen-bond donors (Lipinski definition) is 0. The van der Waals surface area contributed by atoms with Gasteiger partial charge in [-0.3, -0.25) is 0 Å². The van der Waals surface area contributed by atoms with E-state index in [0.717, 1.165) is 0 Å². The van der Waals surface area contributed by atoms with E-state index in [9.17, 15) is 0 Å². The maximum Gasteiger partial charge on any atom is -0.000427 e. The van der Waals surface area contributed by atoms with E-state index in [1.165, 1.54) is 22.6 Å². The average molecular weight is 192 g/mol. The molecular formula is C12H16S. The van der Waals surface area contributed by atoms with Crippen molar-refractivity contribution in [2.45, 2.75) is 24.2 Å². The molecule has 0 amide bonds. The maximum atomic E-state index is 4.28. The summed E-state index contributed by atoms with van der Waals surface area (Å²) in [5.74, 6) is 10.4. The Kier molecular flexibility index (Phi) is 1.99. The van der Waals surface area contributed by atoms with Gasteiger partial charge in [-0.05, 0) is 34.6 Å². The van der Waals surface area contributed by atoms with Gasteiger partial charge in [0, 0.05) is 0 Å². The molecule has 1 heteroatoms. The van der Waals surface area contributed by atoms with E-state index >= 15 is 0 Å². The minimum atomic E-state index is -0.975. The molecule has 0 nitrogen and oxygen atoms in total. The predicted molar refractivity (Wildman–Crippen MR) is 64.4 cm³/mol. The fraction of sp³-hybridized carbons (Fsp3) is 0.333. The fourth-order valence-corrected chi connectivity index (χ4v) is 4.11. The van der Waals surface area contributed by atoms with Crippen molar-refractivity contribution >= 4 is 20.9 Å². The van der Waals surface area contributed by atoms with Crippen molar-refractivity contribution in [3.63, 3.8) is 0 Å². The lowest BCUT2D eigenvalue weighted by Gasteiger charge is -2.28. The second kappa shape index (κ2) is 2.91. The van der Waals surface area contributed by atoms with Gasteiger partial charge in [0.05, 0.1) is 0 Å². The Morgan fingerprint density at radius 1 is 1.31 bits per heavy atom. The van der Waals surface area contributed by atoms with Crippen LogP contribution < -0.4 is 0 Å². The van der Waals surface area contributed by atoms with Gasteiger partial charge in [0.2, 0.25) is 0 Å². The second-order valence-corrected chi connectivity index (χ2v) is 6.92. The van der Waals surface area contributed by atoms with Gasteiger partial charge in [-0.15, -0.1) is 0 Å². The molecule has 70 valence electrons. The topological polar surface area (TPSA) is 0 Å². The Balaban J connectivity index is 2.68. The maximum absolute atomic E-state index is 4.28. The molecule has 1 aromatic rings. The van der Waals surface area contributed by atoms with E-state index < -0.39 is 9.21 Å². The van der Waals surface area contributed by atoms with E-state index in [1.54, 1.807) is 0 Å². The highest BCUT2D eigenvalue weighted by Gasteiger charge is 2.19. The molecule has 0 saturated heterocycles. The average Bonchev–Trinajstić information content (AvgIpc) is 2.13. The lowest BCUT2D eigenvalue weighted by atomic mass is 9.98. The standard InChI is InChI=1S/C12H16S/c1-10-8-9-13(2,3)12-7-5-4-6-11(10)12/h4-7,10H,2-3,8-9H2,1H3. The van der Waals surface area contributed by atoms with E-state index in [-0.39, 0.29) is 0 Å². The van der Waals surface area contributed by atoms with Crippen molar-refractivity contribution < 1.29 is 0 Å². The van der Waals surface area contributed by atoms with Crippen LogP contribution in [-0.4, -0.2) is 17.5 Å². The first-order valence-electron chi connectivity index (χ1n) is 4.67. The van der Waals surface area contributed by atoms with Crippen LogP contribution >= 0.6 is 9.21 Å². The van der Waals surface area contributed by atoms with Gasteiger partial charge in [-0.1, -0.05) is 36.9 Å². The predicted octanol–water partition coefficient (Wildman–Crippen LogP) is 3.22. The molecule has 0 fully saturated rings. The first kappa shape index (κ1) is 8.89. The molecule has 13 heavy (non-hydrogen) atoms. The van der Waals surface area contributed by atoms with Crippen molar-refractivity contribution in [2.75, 3.05) is 5.75 Å². The van der Waals surface area contributed by atoms with Crippen LogP contribution in [-0.2, 0) is 0 Å². The molecule has 0 aromatic heterocycles. The van der Waals surface area contributed by atoms with Crippen LogP contribution in [0.25, 0.3) is 0 Å². The summed E-state index contributed by atoms with van der Waals surface area (Å²) in [6.45, 7) is 2.30. The summed E-state index contributed by atoms with van der Waals surface area (Å²) in [6, 6.07) is 8.67. The molecule has 0 saturated carbocycles. The summed E-state index contributed by atoms with van der Waals surface area (Å²) in [7, 11) is -0.975. The van der Waals surface area contributed by atoms with Crippen LogP contribution in [0, 0.1) is 0 Å². The lowest BCUT2D eigenvalue weighted by Crippen LogP contribution is -2.07. The van der Waals surface area contributed by atoms with Crippen molar-refractivity contribution in [1.82, 2.24) is 0 Å².